The molecule has 7 heteroatoms. The molecule has 0 bridgehead atoms. The number of nitrogen functional groups attached to an aromatic ring is 1. The molecule has 3 heterocycles. The van der Waals surface area contributed by atoms with Crippen molar-refractivity contribution in [2.45, 2.75) is 26.8 Å². The average Bonchev–Trinajstić information content (AvgIpc) is 2.84. The van der Waals surface area contributed by atoms with Gasteiger partial charge in [0.25, 0.3) is 0 Å². The van der Waals surface area contributed by atoms with Gasteiger partial charge in [0.2, 0.25) is 0 Å². The Labute approximate surface area is 133 Å². The molecule has 0 atom stereocenters. The van der Waals surface area contributed by atoms with Gasteiger partial charge in [-0.1, -0.05) is 6.92 Å². The number of hydrogen-bond acceptors (Lipinski definition) is 6. The second kappa shape index (κ2) is 6.36. The van der Waals surface area contributed by atoms with Crippen LogP contribution in [0.25, 0.3) is 10.2 Å². The van der Waals surface area contributed by atoms with Gasteiger partial charge < -0.3 is 10.5 Å². The first kappa shape index (κ1) is 15.5. The number of anilines is 1. The maximum absolute atomic E-state index is 12.3. The number of aromatic nitrogens is 2. The van der Waals surface area contributed by atoms with Crippen LogP contribution in [0.3, 0.4) is 0 Å². The first-order valence-electron chi connectivity index (χ1n) is 7.70. The van der Waals surface area contributed by atoms with Crippen molar-refractivity contribution in [3.8, 4) is 0 Å². The summed E-state index contributed by atoms with van der Waals surface area (Å²) in [5.41, 5.74) is 6.97. The van der Waals surface area contributed by atoms with Gasteiger partial charge in [-0.25, -0.2) is 4.79 Å². The fourth-order valence-corrected chi connectivity index (χ4v) is 4.28. The molecule has 2 N–H and O–H groups in total. The van der Waals surface area contributed by atoms with Crippen LogP contribution in [0.15, 0.2) is 4.79 Å². The molecule has 0 saturated carbocycles. The van der Waals surface area contributed by atoms with E-state index in [9.17, 15) is 4.79 Å². The van der Waals surface area contributed by atoms with Crippen molar-refractivity contribution in [3.63, 3.8) is 0 Å². The Morgan fingerprint density at radius 2 is 2.05 bits per heavy atom. The number of nitrogens with two attached hydrogens (primary N) is 1. The van der Waals surface area contributed by atoms with Crippen molar-refractivity contribution in [2.24, 2.45) is 0 Å². The number of nitrogens with zero attached hydrogens (tertiary/aromatic N) is 3. The van der Waals surface area contributed by atoms with E-state index < -0.39 is 0 Å². The molecular formula is C15H22N4O2S. The van der Waals surface area contributed by atoms with Crippen LogP contribution < -0.4 is 11.4 Å². The van der Waals surface area contributed by atoms with E-state index in [1.54, 1.807) is 15.9 Å². The molecule has 120 valence electrons. The number of ether oxygens (including phenoxy) is 1. The largest absolute Gasteiger partial charge is 0.383 e. The maximum Gasteiger partial charge on any atom is 0.350 e. The summed E-state index contributed by atoms with van der Waals surface area (Å²) < 4.78 is 7.13. The van der Waals surface area contributed by atoms with Crippen molar-refractivity contribution in [3.05, 3.63) is 20.9 Å². The molecule has 0 radical (unpaired) electrons. The van der Waals surface area contributed by atoms with Crippen LogP contribution in [0.1, 0.15) is 17.4 Å². The normalized spacial score (nSPS) is 16.5. The number of fused-ring (bicyclic) bond motifs is 1. The highest BCUT2D eigenvalue weighted by Crippen LogP contribution is 2.33. The Morgan fingerprint density at radius 1 is 1.32 bits per heavy atom. The molecule has 0 unspecified atom stereocenters. The molecule has 0 amide bonds. The molecule has 6 nitrogen and oxygen atoms in total. The Kier molecular flexibility index (Phi) is 4.46. The van der Waals surface area contributed by atoms with Crippen LogP contribution in [-0.4, -0.2) is 47.3 Å². The smallest absolute Gasteiger partial charge is 0.350 e. The van der Waals surface area contributed by atoms with Crippen molar-refractivity contribution in [2.75, 3.05) is 38.6 Å². The van der Waals surface area contributed by atoms with E-state index in [4.69, 9.17) is 10.5 Å². The van der Waals surface area contributed by atoms with Gasteiger partial charge in [-0.05, 0) is 18.9 Å². The van der Waals surface area contributed by atoms with Crippen LogP contribution in [0.2, 0.25) is 0 Å². The molecule has 0 spiro atoms. The molecule has 1 saturated heterocycles. The molecule has 1 aliphatic rings. The summed E-state index contributed by atoms with van der Waals surface area (Å²) >= 11 is 1.64. The van der Waals surface area contributed by atoms with E-state index in [1.165, 1.54) is 10.4 Å². The summed E-state index contributed by atoms with van der Waals surface area (Å²) in [5, 5.41) is 0.964. The Hall–Kier alpha value is -1.44. The summed E-state index contributed by atoms with van der Waals surface area (Å²) in [6, 6.07) is 0. The van der Waals surface area contributed by atoms with Gasteiger partial charge >= 0.3 is 5.69 Å². The first-order valence-corrected chi connectivity index (χ1v) is 8.51. The van der Waals surface area contributed by atoms with Crippen molar-refractivity contribution >= 4 is 27.4 Å². The molecule has 2 aromatic heterocycles. The van der Waals surface area contributed by atoms with Crippen LogP contribution in [0.5, 0.6) is 0 Å². The number of rotatable bonds is 4. The van der Waals surface area contributed by atoms with Gasteiger partial charge in [0.1, 0.15) is 10.6 Å². The third-order valence-corrected chi connectivity index (χ3v) is 5.41. The zero-order valence-corrected chi connectivity index (χ0v) is 13.9. The lowest BCUT2D eigenvalue weighted by Crippen LogP contribution is -2.39. The van der Waals surface area contributed by atoms with E-state index in [-0.39, 0.29) is 5.69 Å². The number of aryl methyl sites for hydroxylation is 2. The lowest BCUT2D eigenvalue weighted by molar-refractivity contribution is 0.0364. The number of morpholine rings is 1. The van der Waals surface area contributed by atoms with Gasteiger partial charge in [0.15, 0.2) is 0 Å². The standard InChI is InChI=1S/C15H22N4O2S/c1-3-11-10(2)22-14-12(11)13(16)17-15(20)19(14)5-4-18-6-8-21-9-7-18/h3-9H2,1-2H3,(H2,16,17,20). The lowest BCUT2D eigenvalue weighted by atomic mass is 10.1. The van der Waals surface area contributed by atoms with Crippen LogP contribution >= 0.6 is 11.3 Å². The predicted octanol–water partition coefficient (Wildman–Crippen LogP) is 1.24. The molecule has 1 aliphatic heterocycles. The highest BCUT2D eigenvalue weighted by atomic mass is 32.1. The predicted molar refractivity (Wildman–Crippen MR) is 89.7 cm³/mol. The van der Waals surface area contributed by atoms with E-state index in [0.717, 1.165) is 49.5 Å². The maximum atomic E-state index is 12.3. The van der Waals surface area contributed by atoms with E-state index in [2.05, 4.69) is 23.7 Å². The molecule has 0 aromatic carbocycles. The number of thiophene rings is 1. The average molecular weight is 322 g/mol. The van der Waals surface area contributed by atoms with Gasteiger partial charge in [-0.2, -0.15) is 4.98 Å². The quantitative estimate of drug-likeness (QED) is 0.917. The minimum atomic E-state index is -0.248. The van der Waals surface area contributed by atoms with Gasteiger partial charge in [0, 0.05) is 31.1 Å². The second-order valence-electron chi connectivity index (χ2n) is 5.56. The topological polar surface area (TPSA) is 73.4 Å². The van der Waals surface area contributed by atoms with Crippen molar-refractivity contribution < 1.29 is 4.74 Å². The van der Waals surface area contributed by atoms with Gasteiger partial charge in [-0.3, -0.25) is 9.47 Å². The molecule has 0 aliphatic carbocycles. The fraction of sp³-hybridized carbons (Fsp3) is 0.600. The molecule has 2 aromatic rings. The zero-order chi connectivity index (χ0) is 15.7. The van der Waals surface area contributed by atoms with Gasteiger partial charge in [0.05, 0.1) is 18.6 Å². The fourth-order valence-electron chi connectivity index (χ4n) is 3.01. The Morgan fingerprint density at radius 3 is 2.73 bits per heavy atom. The van der Waals surface area contributed by atoms with Crippen LogP contribution in [-0.2, 0) is 17.7 Å². The van der Waals surface area contributed by atoms with Crippen molar-refractivity contribution in [1.82, 2.24) is 14.5 Å². The lowest BCUT2D eigenvalue weighted by Gasteiger charge is -2.26. The minimum Gasteiger partial charge on any atom is -0.383 e. The molecule has 1 fully saturated rings. The third-order valence-electron chi connectivity index (χ3n) is 4.24. The summed E-state index contributed by atoms with van der Waals surface area (Å²) in [4.78, 5) is 20.8. The zero-order valence-electron chi connectivity index (χ0n) is 13.1. The summed E-state index contributed by atoms with van der Waals surface area (Å²) in [7, 11) is 0. The summed E-state index contributed by atoms with van der Waals surface area (Å²) in [5.74, 6) is 0.365. The highest BCUT2D eigenvalue weighted by Gasteiger charge is 2.17. The SMILES string of the molecule is CCc1c(C)sc2c1c(N)nc(=O)n2CCN1CCOCC1. The third kappa shape index (κ3) is 2.76. The van der Waals surface area contributed by atoms with E-state index >= 15 is 0 Å². The molecule has 3 rings (SSSR count). The first-order chi connectivity index (χ1) is 10.6. The molecule has 22 heavy (non-hydrogen) atoms. The van der Waals surface area contributed by atoms with E-state index in [0.29, 0.717) is 12.4 Å². The van der Waals surface area contributed by atoms with E-state index in [1.807, 2.05) is 0 Å². The minimum absolute atomic E-state index is 0.248. The Bertz CT molecular complexity index is 731. The van der Waals surface area contributed by atoms with Crippen molar-refractivity contribution in [1.29, 1.82) is 0 Å². The summed E-state index contributed by atoms with van der Waals surface area (Å²) in [6.07, 6.45) is 0.902. The number of hydrogen-bond donors (Lipinski definition) is 1. The monoisotopic (exact) mass is 322 g/mol. The van der Waals surface area contributed by atoms with Crippen LogP contribution in [0.4, 0.5) is 5.82 Å². The van der Waals surface area contributed by atoms with Gasteiger partial charge in [-0.15, -0.1) is 11.3 Å². The molecular weight excluding hydrogens is 300 g/mol. The second-order valence-corrected chi connectivity index (χ2v) is 6.76. The summed E-state index contributed by atoms with van der Waals surface area (Å²) in [6.45, 7) is 9.05. The van der Waals surface area contributed by atoms with Crippen LogP contribution in [0, 0.1) is 6.92 Å². The highest BCUT2D eigenvalue weighted by molar-refractivity contribution is 7.18. The Balaban J connectivity index is 1.96.